The maximum Gasteiger partial charge on any atom is 0.224 e. The van der Waals surface area contributed by atoms with Crippen molar-refractivity contribution in [2.75, 3.05) is 32.4 Å². The molecular formula is C17H26N2OS. The van der Waals surface area contributed by atoms with E-state index in [2.05, 4.69) is 48.5 Å². The minimum absolute atomic E-state index is 0.186. The van der Waals surface area contributed by atoms with Crippen LogP contribution in [0, 0.1) is 12.8 Å². The van der Waals surface area contributed by atoms with E-state index in [0.29, 0.717) is 0 Å². The molecule has 116 valence electrons. The Morgan fingerprint density at radius 1 is 1.38 bits per heavy atom. The Morgan fingerprint density at radius 3 is 2.86 bits per heavy atom. The molecule has 2 rings (SSSR count). The fourth-order valence-corrected chi connectivity index (χ4v) is 3.46. The lowest BCUT2D eigenvalue weighted by Gasteiger charge is -2.28. The summed E-state index contributed by atoms with van der Waals surface area (Å²) in [6, 6.07) is 8.66. The number of rotatable bonds is 6. The normalized spacial score (nSPS) is 19.4. The molecule has 0 unspecified atom stereocenters. The predicted molar refractivity (Wildman–Crippen MR) is 90.6 cm³/mol. The number of piperidine rings is 1. The zero-order valence-corrected chi connectivity index (χ0v) is 13.9. The first-order valence-electron chi connectivity index (χ1n) is 7.74. The third-order valence-corrected chi connectivity index (χ3v) is 4.96. The lowest BCUT2D eigenvalue weighted by Crippen LogP contribution is -2.41. The van der Waals surface area contributed by atoms with Crippen LogP contribution in [0.3, 0.4) is 0 Å². The van der Waals surface area contributed by atoms with E-state index in [1.165, 1.54) is 11.1 Å². The van der Waals surface area contributed by atoms with E-state index in [0.717, 1.165) is 44.0 Å². The van der Waals surface area contributed by atoms with Crippen molar-refractivity contribution < 1.29 is 4.79 Å². The number of carbonyl (C=O) groups excluding carboxylic acids is 1. The van der Waals surface area contributed by atoms with Gasteiger partial charge in [-0.05, 0) is 38.9 Å². The number of hydrogen-bond donors (Lipinski definition) is 1. The van der Waals surface area contributed by atoms with E-state index in [4.69, 9.17) is 0 Å². The van der Waals surface area contributed by atoms with Crippen LogP contribution in [-0.4, -0.2) is 43.2 Å². The molecule has 1 heterocycles. The van der Waals surface area contributed by atoms with Gasteiger partial charge in [-0.3, -0.25) is 4.79 Å². The molecule has 4 heteroatoms. The van der Waals surface area contributed by atoms with Gasteiger partial charge in [0.1, 0.15) is 0 Å². The van der Waals surface area contributed by atoms with Crippen LogP contribution in [0.4, 0.5) is 0 Å². The molecule has 1 aromatic carbocycles. The van der Waals surface area contributed by atoms with Crippen LogP contribution in [0.2, 0.25) is 0 Å². The van der Waals surface area contributed by atoms with Crippen LogP contribution in [0.5, 0.6) is 0 Å². The Morgan fingerprint density at radius 2 is 2.14 bits per heavy atom. The fraction of sp³-hybridized carbons (Fsp3) is 0.588. The minimum atomic E-state index is 0.186. The highest BCUT2D eigenvalue weighted by Crippen LogP contribution is 2.15. The van der Waals surface area contributed by atoms with Crippen molar-refractivity contribution in [2.45, 2.75) is 25.5 Å². The van der Waals surface area contributed by atoms with Crippen molar-refractivity contribution >= 4 is 17.7 Å². The first-order chi connectivity index (χ1) is 10.1. The van der Waals surface area contributed by atoms with Crippen molar-refractivity contribution in [1.29, 1.82) is 0 Å². The maximum atomic E-state index is 12.1. The molecule has 1 amide bonds. The van der Waals surface area contributed by atoms with Gasteiger partial charge in [0, 0.05) is 24.6 Å². The maximum absolute atomic E-state index is 12.1. The average Bonchev–Trinajstić information content (AvgIpc) is 2.48. The lowest BCUT2D eigenvalue weighted by atomic mass is 9.98. The van der Waals surface area contributed by atoms with E-state index < -0.39 is 0 Å². The Hall–Kier alpha value is -1.00. The molecule has 1 aromatic rings. The molecule has 1 aliphatic rings. The molecule has 0 bridgehead atoms. The highest BCUT2D eigenvalue weighted by Gasteiger charge is 2.23. The van der Waals surface area contributed by atoms with Gasteiger partial charge in [0.15, 0.2) is 0 Å². The summed E-state index contributed by atoms with van der Waals surface area (Å²) in [5, 5.41) is 3.08. The fourth-order valence-electron chi connectivity index (χ4n) is 2.65. The third kappa shape index (κ3) is 5.71. The monoisotopic (exact) mass is 306 g/mol. The molecule has 3 nitrogen and oxygen atoms in total. The van der Waals surface area contributed by atoms with Gasteiger partial charge in [-0.1, -0.05) is 29.8 Å². The summed E-state index contributed by atoms with van der Waals surface area (Å²) < 4.78 is 0. The minimum Gasteiger partial charge on any atom is -0.355 e. The Kier molecular flexibility index (Phi) is 6.58. The summed E-state index contributed by atoms with van der Waals surface area (Å²) >= 11 is 1.88. The van der Waals surface area contributed by atoms with Gasteiger partial charge >= 0.3 is 0 Å². The summed E-state index contributed by atoms with van der Waals surface area (Å²) in [7, 11) is 2.09. The second-order valence-electron chi connectivity index (χ2n) is 5.93. The molecular weight excluding hydrogens is 280 g/mol. The third-order valence-electron chi connectivity index (χ3n) is 3.93. The molecule has 0 radical (unpaired) electrons. The Bertz CT molecular complexity index is 447. The molecule has 0 saturated carbocycles. The number of carbonyl (C=O) groups is 1. The van der Waals surface area contributed by atoms with E-state index in [1.54, 1.807) is 0 Å². The van der Waals surface area contributed by atoms with Crippen molar-refractivity contribution in [2.24, 2.45) is 5.92 Å². The molecule has 1 aliphatic heterocycles. The van der Waals surface area contributed by atoms with Gasteiger partial charge in [-0.15, -0.1) is 0 Å². The Labute approximate surface area is 132 Å². The molecule has 1 saturated heterocycles. The van der Waals surface area contributed by atoms with Crippen LogP contribution < -0.4 is 5.32 Å². The van der Waals surface area contributed by atoms with Crippen molar-refractivity contribution in [1.82, 2.24) is 10.2 Å². The first-order valence-corrected chi connectivity index (χ1v) is 8.90. The van der Waals surface area contributed by atoms with Gasteiger partial charge in [0.25, 0.3) is 0 Å². The summed E-state index contributed by atoms with van der Waals surface area (Å²) in [6.45, 7) is 4.91. The quantitative estimate of drug-likeness (QED) is 0.820. The number of aryl methyl sites for hydroxylation is 1. The molecule has 1 fully saturated rings. The van der Waals surface area contributed by atoms with E-state index in [9.17, 15) is 4.79 Å². The van der Waals surface area contributed by atoms with Crippen LogP contribution in [-0.2, 0) is 10.5 Å². The standard InChI is InChI=1S/C17H26N2OS/c1-14-5-7-15(8-6-14)13-21-11-9-18-17(20)16-4-3-10-19(2)12-16/h5-8,16H,3-4,9-13H2,1-2H3,(H,18,20)/t16-/m0/s1. The van der Waals surface area contributed by atoms with Gasteiger partial charge in [0.05, 0.1) is 5.92 Å². The lowest BCUT2D eigenvalue weighted by molar-refractivity contribution is -0.126. The van der Waals surface area contributed by atoms with Gasteiger partial charge < -0.3 is 10.2 Å². The van der Waals surface area contributed by atoms with Crippen molar-refractivity contribution in [3.8, 4) is 0 Å². The second-order valence-corrected chi connectivity index (χ2v) is 7.04. The number of hydrogen-bond acceptors (Lipinski definition) is 3. The van der Waals surface area contributed by atoms with Crippen molar-refractivity contribution in [3.63, 3.8) is 0 Å². The van der Waals surface area contributed by atoms with Crippen LogP contribution in [0.15, 0.2) is 24.3 Å². The zero-order chi connectivity index (χ0) is 15.1. The molecule has 1 N–H and O–H groups in total. The van der Waals surface area contributed by atoms with Crippen LogP contribution >= 0.6 is 11.8 Å². The van der Waals surface area contributed by atoms with Gasteiger partial charge in [-0.25, -0.2) is 0 Å². The van der Waals surface area contributed by atoms with Gasteiger partial charge in [0.2, 0.25) is 5.91 Å². The van der Waals surface area contributed by atoms with E-state index in [1.807, 2.05) is 11.8 Å². The summed E-state index contributed by atoms with van der Waals surface area (Å²) in [5.41, 5.74) is 2.65. The highest BCUT2D eigenvalue weighted by atomic mass is 32.2. The zero-order valence-electron chi connectivity index (χ0n) is 13.1. The van der Waals surface area contributed by atoms with E-state index >= 15 is 0 Å². The van der Waals surface area contributed by atoms with Crippen LogP contribution in [0.1, 0.15) is 24.0 Å². The number of thioether (sulfide) groups is 1. The molecule has 0 aromatic heterocycles. The van der Waals surface area contributed by atoms with Gasteiger partial charge in [-0.2, -0.15) is 11.8 Å². The molecule has 0 aliphatic carbocycles. The number of nitrogens with one attached hydrogen (secondary N) is 1. The summed E-state index contributed by atoms with van der Waals surface area (Å²) in [5.74, 6) is 2.41. The summed E-state index contributed by atoms with van der Waals surface area (Å²) in [4.78, 5) is 14.3. The largest absolute Gasteiger partial charge is 0.355 e. The second kappa shape index (κ2) is 8.44. The number of benzene rings is 1. The molecule has 1 atom stereocenters. The van der Waals surface area contributed by atoms with E-state index in [-0.39, 0.29) is 11.8 Å². The topological polar surface area (TPSA) is 32.3 Å². The van der Waals surface area contributed by atoms with Crippen LogP contribution in [0.25, 0.3) is 0 Å². The SMILES string of the molecule is Cc1ccc(CSCCNC(=O)[C@H]2CCCN(C)C2)cc1. The highest BCUT2D eigenvalue weighted by molar-refractivity contribution is 7.98. The average molecular weight is 306 g/mol. The van der Waals surface area contributed by atoms with Crippen molar-refractivity contribution in [3.05, 3.63) is 35.4 Å². The number of amides is 1. The Balaban J connectivity index is 1.59. The molecule has 0 spiro atoms. The number of likely N-dealkylation sites (tertiary alicyclic amines) is 1. The smallest absolute Gasteiger partial charge is 0.224 e. The predicted octanol–water partition coefficient (Wildman–Crippen LogP) is 2.69. The summed E-state index contributed by atoms with van der Waals surface area (Å²) in [6.07, 6.45) is 2.17. The number of nitrogens with zero attached hydrogens (tertiary/aromatic N) is 1. The first kappa shape index (κ1) is 16.4. The molecule has 21 heavy (non-hydrogen) atoms.